The van der Waals surface area contributed by atoms with Crippen molar-refractivity contribution >= 4 is 32.2 Å². The molecule has 0 aliphatic carbocycles. The molecule has 0 bridgehead atoms. The van der Waals surface area contributed by atoms with Gasteiger partial charge in [0.1, 0.15) is 5.75 Å². The van der Waals surface area contributed by atoms with Crippen LogP contribution in [0.5, 0.6) is 17.2 Å². The van der Waals surface area contributed by atoms with Crippen LogP contribution >= 0.6 is 15.9 Å². The minimum absolute atomic E-state index is 0.104. The highest BCUT2D eigenvalue weighted by Crippen LogP contribution is 2.33. The van der Waals surface area contributed by atoms with Crippen LogP contribution in [-0.2, 0) is 10.0 Å². The highest BCUT2D eigenvalue weighted by Gasteiger charge is 2.13. The number of hydrazone groups is 1. The van der Waals surface area contributed by atoms with Crippen LogP contribution in [0.1, 0.15) is 5.56 Å². The number of halogens is 1. The maximum absolute atomic E-state index is 12.2. The zero-order valence-electron chi connectivity index (χ0n) is 13.8. The van der Waals surface area contributed by atoms with Gasteiger partial charge < -0.3 is 14.2 Å². The van der Waals surface area contributed by atoms with Gasteiger partial charge in [-0.15, -0.1) is 0 Å². The highest BCUT2D eigenvalue weighted by atomic mass is 79.9. The number of rotatable bonds is 7. The van der Waals surface area contributed by atoms with Gasteiger partial charge in [-0.05, 0) is 30.3 Å². The molecule has 2 rings (SSSR count). The van der Waals surface area contributed by atoms with E-state index in [1.807, 2.05) is 0 Å². The number of methoxy groups -OCH3 is 3. The second-order valence-corrected chi connectivity index (χ2v) is 7.33. The first-order valence-corrected chi connectivity index (χ1v) is 9.29. The standard InChI is InChI=1S/C16H17BrN2O5S/c1-22-14-9-16(24-3)15(23-2)8-11(14)10-18-19-25(20,21)13-6-4-12(17)5-7-13/h4-10,19H,1-3H3. The third kappa shape index (κ3) is 4.64. The van der Waals surface area contributed by atoms with E-state index in [0.717, 1.165) is 4.47 Å². The first kappa shape index (κ1) is 19.1. The van der Waals surface area contributed by atoms with Gasteiger partial charge in [0, 0.05) is 16.1 Å². The number of hydrogen-bond donors (Lipinski definition) is 1. The van der Waals surface area contributed by atoms with Crippen molar-refractivity contribution in [2.45, 2.75) is 4.90 Å². The van der Waals surface area contributed by atoms with Crippen molar-refractivity contribution in [2.75, 3.05) is 21.3 Å². The SMILES string of the molecule is COc1cc(OC)c(OC)cc1C=NNS(=O)(=O)c1ccc(Br)cc1. The zero-order chi connectivity index (χ0) is 18.4. The Morgan fingerprint density at radius 3 is 2.08 bits per heavy atom. The lowest BCUT2D eigenvalue weighted by Gasteiger charge is -2.11. The van der Waals surface area contributed by atoms with Crippen LogP contribution in [0.2, 0.25) is 0 Å². The average molecular weight is 429 g/mol. The minimum Gasteiger partial charge on any atom is -0.496 e. The molecule has 0 atom stereocenters. The fourth-order valence-electron chi connectivity index (χ4n) is 1.99. The Bertz CT molecular complexity index is 867. The van der Waals surface area contributed by atoms with Gasteiger partial charge in [-0.3, -0.25) is 0 Å². The molecule has 0 aliphatic heterocycles. The molecule has 2 aromatic carbocycles. The Hall–Kier alpha value is -2.26. The second kappa shape index (κ2) is 8.21. The maximum atomic E-state index is 12.2. The molecule has 2 aromatic rings. The Kier molecular flexibility index (Phi) is 6.27. The minimum atomic E-state index is -3.76. The Morgan fingerprint density at radius 2 is 1.52 bits per heavy atom. The number of nitrogens with zero attached hydrogens (tertiary/aromatic N) is 1. The molecule has 0 aromatic heterocycles. The van der Waals surface area contributed by atoms with Crippen molar-refractivity contribution in [3.05, 3.63) is 46.4 Å². The van der Waals surface area contributed by atoms with Crippen molar-refractivity contribution in [1.82, 2.24) is 4.83 Å². The second-order valence-electron chi connectivity index (χ2n) is 4.76. The van der Waals surface area contributed by atoms with E-state index < -0.39 is 10.0 Å². The van der Waals surface area contributed by atoms with Crippen LogP contribution in [0.3, 0.4) is 0 Å². The lowest BCUT2D eigenvalue weighted by molar-refractivity contribution is 0.349. The van der Waals surface area contributed by atoms with Gasteiger partial charge in [0.05, 0.1) is 32.4 Å². The fraction of sp³-hybridized carbons (Fsp3) is 0.188. The van der Waals surface area contributed by atoms with Gasteiger partial charge in [0.2, 0.25) is 0 Å². The summed E-state index contributed by atoms with van der Waals surface area (Å²) < 4.78 is 40.8. The van der Waals surface area contributed by atoms with Crippen LogP contribution < -0.4 is 19.0 Å². The molecule has 0 aliphatic rings. The lowest BCUT2D eigenvalue weighted by Crippen LogP contribution is -2.18. The quantitative estimate of drug-likeness (QED) is 0.541. The first-order valence-electron chi connectivity index (χ1n) is 7.01. The molecule has 0 amide bonds. The van der Waals surface area contributed by atoms with Crippen molar-refractivity contribution in [2.24, 2.45) is 5.10 Å². The molecule has 0 spiro atoms. The molecular weight excluding hydrogens is 412 g/mol. The van der Waals surface area contributed by atoms with Crippen LogP contribution in [-0.4, -0.2) is 36.0 Å². The van der Waals surface area contributed by atoms with E-state index in [1.165, 1.54) is 39.7 Å². The van der Waals surface area contributed by atoms with Gasteiger partial charge in [-0.2, -0.15) is 13.5 Å². The number of ether oxygens (including phenoxy) is 3. The molecule has 0 radical (unpaired) electrons. The first-order chi connectivity index (χ1) is 11.9. The number of hydrogen-bond acceptors (Lipinski definition) is 6. The third-order valence-corrected chi connectivity index (χ3v) is 5.00. The maximum Gasteiger partial charge on any atom is 0.276 e. The molecular formula is C16H17BrN2O5S. The van der Waals surface area contributed by atoms with Crippen LogP contribution in [0.25, 0.3) is 0 Å². The fourth-order valence-corrected chi connectivity index (χ4v) is 3.04. The zero-order valence-corrected chi connectivity index (χ0v) is 16.2. The topological polar surface area (TPSA) is 86.2 Å². The molecule has 7 nitrogen and oxygen atoms in total. The molecule has 0 fully saturated rings. The summed E-state index contributed by atoms with van der Waals surface area (Å²) in [6.45, 7) is 0. The van der Waals surface area contributed by atoms with Crippen LogP contribution in [0.4, 0.5) is 0 Å². The largest absolute Gasteiger partial charge is 0.496 e. The summed E-state index contributed by atoms with van der Waals surface area (Å²) in [5, 5.41) is 3.80. The lowest BCUT2D eigenvalue weighted by atomic mass is 10.2. The van der Waals surface area contributed by atoms with E-state index in [9.17, 15) is 8.42 Å². The monoisotopic (exact) mass is 428 g/mol. The number of sulfonamides is 1. The van der Waals surface area contributed by atoms with Gasteiger partial charge in [0.15, 0.2) is 11.5 Å². The predicted molar refractivity (Wildman–Crippen MR) is 98.2 cm³/mol. The van der Waals surface area contributed by atoms with Crippen molar-refractivity contribution < 1.29 is 22.6 Å². The predicted octanol–water partition coefficient (Wildman–Crippen LogP) is 2.79. The number of nitrogens with one attached hydrogen (secondary N) is 1. The van der Waals surface area contributed by atoms with Crippen molar-refractivity contribution in [3.63, 3.8) is 0 Å². The average Bonchev–Trinajstić information content (AvgIpc) is 2.61. The summed E-state index contributed by atoms with van der Waals surface area (Å²) in [6, 6.07) is 9.47. The molecule has 0 saturated carbocycles. The summed E-state index contributed by atoms with van der Waals surface area (Å²) in [6.07, 6.45) is 1.33. The molecule has 0 heterocycles. The molecule has 25 heavy (non-hydrogen) atoms. The van der Waals surface area contributed by atoms with E-state index >= 15 is 0 Å². The summed E-state index contributed by atoms with van der Waals surface area (Å²) in [7, 11) is 0.743. The normalized spacial score (nSPS) is 11.4. The molecule has 0 saturated heterocycles. The Balaban J connectivity index is 2.25. The van der Waals surface area contributed by atoms with E-state index in [1.54, 1.807) is 24.3 Å². The van der Waals surface area contributed by atoms with Gasteiger partial charge in [0.25, 0.3) is 10.0 Å². The van der Waals surface area contributed by atoms with Crippen LogP contribution in [0, 0.1) is 0 Å². The summed E-state index contributed by atoms with van der Waals surface area (Å²) in [4.78, 5) is 2.26. The molecule has 9 heteroatoms. The smallest absolute Gasteiger partial charge is 0.276 e. The van der Waals surface area contributed by atoms with Gasteiger partial charge in [-0.1, -0.05) is 15.9 Å². The van der Waals surface area contributed by atoms with Crippen LogP contribution in [0.15, 0.2) is 50.9 Å². The third-order valence-electron chi connectivity index (χ3n) is 3.24. The summed E-state index contributed by atoms with van der Waals surface area (Å²) in [5.74, 6) is 1.43. The van der Waals surface area contributed by atoms with Crippen molar-refractivity contribution in [1.29, 1.82) is 0 Å². The highest BCUT2D eigenvalue weighted by molar-refractivity contribution is 9.10. The summed E-state index contributed by atoms with van der Waals surface area (Å²) in [5.41, 5.74) is 0.527. The van der Waals surface area contributed by atoms with E-state index in [4.69, 9.17) is 14.2 Å². The van der Waals surface area contributed by atoms with Gasteiger partial charge in [-0.25, -0.2) is 4.83 Å². The molecule has 1 N–H and O–H groups in total. The van der Waals surface area contributed by atoms with E-state index in [0.29, 0.717) is 22.8 Å². The number of benzene rings is 2. The van der Waals surface area contributed by atoms with Crippen molar-refractivity contribution in [3.8, 4) is 17.2 Å². The Morgan fingerprint density at radius 1 is 0.960 bits per heavy atom. The van der Waals surface area contributed by atoms with E-state index in [2.05, 4.69) is 25.9 Å². The molecule has 134 valence electrons. The molecule has 0 unspecified atom stereocenters. The summed E-state index contributed by atoms with van der Waals surface area (Å²) >= 11 is 3.26. The van der Waals surface area contributed by atoms with Gasteiger partial charge >= 0.3 is 0 Å². The Labute approximate surface area is 154 Å². The van der Waals surface area contributed by atoms with E-state index in [-0.39, 0.29) is 4.90 Å².